The second kappa shape index (κ2) is 9.75. The molecule has 0 spiro atoms. The fourth-order valence-electron chi connectivity index (χ4n) is 3.52. The lowest BCUT2D eigenvalue weighted by molar-refractivity contribution is -0.137. The number of benzene rings is 1. The smallest absolute Gasteiger partial charge is 0.254 e. The average Bonchev–Trinajstić information content (AvgIpc) is 3.23. The van der Waals surface area contributed by atoms with E-state index in [9.17, 15) is 14.4 Å². The lowest BCUT2D eigenvalue weighted by Gasteiger charge is -2.23. The highest BCUT2D eigenvalue weighted by molar-refractivity contribution is 7.99. The Balaban J connectivity index is 1.67. The molecule has 30 heavy (non-hydrogen) atoms. The summed E-state index contributed by atoms with van der Waals surface area (Å²) in [4.78, 5) is 44.2. The van der Waals surface area contributed by atoms with Crippen LogP contribution in [-0.4, -0.2) is 53.8 Å². The fourth-order valence-corrected chi connectivity index (χ4v) is 4.47. The molecule has 1 aromatic heterocycles. The highest BCUT2D eigenvalue weighted by Crippen LogP contribution is 2.31. The Morgan fingerprint density at radius 3 is 2.77 bits per heavy atom. The monoisotopic (exact) mass is 426 g/mol. The number of rotatable bonds is 6. The van der Waals surface area contributed by atoms with Crippen molar-refractivity contribution in [3.63, 3.8) is 0 Å². The molecule has 1 fully saturated rings. The molecule has 0 aliphatic carbocycles. The minimum Gasteiger partial charge on any atom is -0.357 e. The number of likely N-dealkylation sites (tertiary alicyclic amines) is 1. The quantitative estimate of drug-likeness (QED) is 0.740. The van der Waals surface area contributed by atoms with Gasteiger partial charge in [0.1, 0.15) is 11.1 Å². The Labute approximate surface area is 180 Å². The van der Waals surface area contributed by atoms with E-state index >= 15 is 0 Å². The molecule has 1 atom stereocenters. The van der Waals surface area contributed by atoms with Gasteiger partial charge in [0, 0.05) is 24.7 Å². The number of aryl methyl sites for hydroxylation is 2. The molecular weight excluding hydrogens is 400 g/mol. The first kappa shape index (κ1) is 21.8. The topological polar surface area (TPSA) is 91.4 Å². The van der Waals surface area contributed by atoms with Crippen LogP contribution in [0, 0.1) is 13.8 Å². The zero-order chi connectivity index (χ0) is 21.7. The van der Waals surface area contributed by atoms with Crippen LogP contribution in [-0.2, 0) is 9.59 Å². The van der Waals surface area contributed by atoms with Gasteiger partial charge in [-0.15, -0.1) is 0 Å². The van der Waals surface area contributed by atoms with Gasteiger partial charge in [-0.05, 0) is 50.5 Å². The van der Waals surface area contributed by atoms with E-state index in [1.807, 2.05) is 26.0 Å². The number of nitrogens with one attached hydrogen (secondary N) is 2. The van der Waals surface area contributed by atoms with Crippen molar-refractivity contribution in [3.8, 4) is 0 Å². The van der Waals surface area contributed by atoms with Crippen LogP contribution < -0.4 is 10.6 Å². The Morgan fingerprint density at radius 2 is 2.03 bits per heavy atom. The number of pyridine rings is 1. The molecule has 2 N–H and O–H groups in total. The van der Waals surface area contributed by atoms with Crippen LogP contribution in [0.2, 0.25) is 0 Å². The van der Waals surface area contributed by atoms with E-state index in [0.717, 1.165) is 16.9 Å². The van der Waals surface area contributed by atoms with Gasteiger partial charge >= 0.3 is 0 Å². The standard InChI is InChI=1S/C22H26N4O3S/c1-14-8-9-18(15(2)12-14)30-22-16(6-4-10-24-22)20(28)25-13-19(27)26-11-5-7-17(26)21(29)23-3/h4,6,8-10,12,17H,5,7,11,13H2,1-3H3,(H,23,29)(H,25,28). The summed E-state index contributed by atoms with van der Waals surface area (Å²) < 4.78 is 0. The largest absolute Gasteiger partial charge is 0.357 e. The van der Waals surface area contributed by atoms with Gasteiger partial charge in [-0.25, -0.2) is 4.98 Å². The molecule has 1 aliphatic rings. The normalized spacial score (nSPS) is 15.7. The van der Waals surface area contributed by atoms with Crippen LogP contribution in [0.3, 0.4) is 0 Å². The number of carbonyl (C=O) groups excluding carboxylic acids is 3. The highest BCUT2D eigenvalue weighted by atomic mass is 32.2. The molecule has 2 heterocycles. The number of carbonyl (C=O) groups is 3. The van der Waals surface area contributed by atoms with Crippen molar-refractivity contribution in [2.45, 2.75) is 42.7 Å². The molecule has 7 nitrogen and oxygen atoms in total. The summed E-state index contributed by atoms with van der Waals surface area (Å²) in [7, 11) is 1.56. The predicted molar refractivity (Wildman–Crippen MR) is 115 cm³/mol. The van der Waals surface area contributed by atoms with E-state index in [1.165, 1.54) is 22.2 Å². The fraction of sp³-hybridized carbons (Fsp3) is 0.364. The lowest BCUT2D eigenvalue weighted by atomic mass is 10.2. The molecule has 0 bridgehead atoms. The minimum atomic E-state index is -0.464. The van der Waals surface area contributed by atoms with Crippen LogP contribution >= 0.6 is 11.8 Å². The van der Waals surface area contributed by atoms with Crippen molar-refractivity contribution < 1.29 is 14.4 Å². The van der Waals surface area contributed by atoms with E-state index < -0.39 is 6.04 Å². The lowest BCUT2D eigenvalue weighted by Crippen LogP contribution is -2.48. The Morgan fingerprint density at radius 1 is 1.23 bits per heavy atom. The summed E-state index contributed by atoms with van der Waals surface area (Å²) in [5.74, 6) is -0.798. The van der Waals surface area contributed by atoms with Gasteiger partial charge in [-0.1, -0.05) is 29.5 Å². The number of likely N-dealkylation sites (N-methyl/N-ethyl adjacent to an activating group) is 1. The van der Waals surface area contributed by atoms with E-state index in [2.05, 4.69) is 21.7 Å². The molecule has 1 aromatic carbocycles. The van der Waals surface area contributed by atoms with Crippen molar-refractivity contribution >= 4 is 29.5 Å². The van der Waals surface area contributed by atoms with Crippen molar-refractivity contribution in [2.24, 2.45) is 0 Å². The average molecular weight is 427 g/mol. The van der Waals surface area contributed by atoms with Gasteiger partial charge in [0.05, 0.1) is 12.1 Å². The Hall–Kier alpha value is -2.87. The summed E-state index contributed by atoms with van der Waals surface area (Å²) in [6.45, 7) is 4.42. The number of amides is 3. The first-order valence-electron chi connectivity index (χ1n) is 9.90. The van der Waals surface area contributed by atoms with Gasteiger partial charge in [0.2, 0.25) is 11.8 Å². The molecule has 158 valence electrons. The van der Waals surface area contributed by atoms with Gasteiger partial charge in [0.25, 0.3) is 5.91 Å². The molecule has 3 rings (SSSR count). The van der Waals surface area contributed by atoms with Crippen LogP contribution in [0.5, 0.6) is 0 Å². The Bertz CT molecular complexity index is 963. The van der Waals surface area contributed by atoms with Gasteiger partial charge in [-0.3, -0.25) is 14.4 Å². The highest BCUT2D eigenvalue weighted by Gasteiger charge is 2.33. The third-order valence-corrected chi connectivity index (χ3v) is 6.27. The summed E-state index contributed by atoms with van der Waals surface area (Å²) >= 11 is 1.42. The summed E-state index contributed by atoms with van der Waals surface area (Å²) in [6, 6.07) is 9.06. The molecule has 8 heteroatoms. The maximum absolute atomic E-state index is 12.8. The maximum Gasteiger partial charge on any atom is 0.254 e. The van der Waals surface area contributed by atoms with E-state index in [1.54, 1.807) is 25.4 Å². The molecular formula is C22H26N4O3S. The van der Waals surface area contributed by atoms with E-state index in [-0.39, 0.29) is 24.3 Å². The molecule has 1 aliphatic heterocycles. The summed E-state index contributed by atoms with van der Waals surface area (Å²) in [5, 5.41) is 5.86. The van der Waals surface area contributed by atoms with Gasteiger partial charge < -0.3 is 15.5 Å². The molecule has 1 saturated heterocycles. The summed E-state index contributed by atoms with van der Waals surface area (Å²) in [6.07, 6.45) is 3.06. The SMILES string of the molecule is CNC(=O)C1CCCN1C(=O)CNC(=O)c1cccnc1Sc1ccc(C)cc1C. The molecule has 0 saturated carbocycles. The molecule has 0 radical (unpaired) electrons. The van der Waals surface area contributed by atoms with Crippen molar-refractivity contribution in [3.05, 3.63) is 53.2 Å². The number of hydrogen-bond acceptors (Lipinski definition) is 5. The zero-order valence-corrected chi connectivity index (χ0v) is 18.2. The zero-order valence-electron chi connectivity index (χ0n) is 17.4. The number of aromatic nitrogens is 1. The van der Waals surface area contributed by atoms with Gasteiger partial charge in [0.15, 0.2) is 0 Å². The minimum absolute atomic E-state index is 0.158. The first-order chi connectivity index (χ1) is 14.4. The van der Waals surface area contributed by atoms with Crippen LogP contribution in [0.1, 0.15) is 34.3 Å². The molecule has 2 aromatic rings. The van der Waals surface area contributed by atoms with Crippen LogP contribution in [0.25, 0.3) is 0 Å². The van der Waals surface area contributed by atoms with Crippen LogP contribution in [0.4, 0.5) is 0 Å². The third kappa shape index (κ3) is 4.99. The summed E-state index contributed by atoms with van der Waals surface area (Å²) in [5.41, 5.74) is 2.70. The van der Waals surface area contributed by atoms with E-state index in [0.29, 0.717) is 23.6 Å². The molecule has 1 unspecified atom stereocenters. The first-order valence-corrected chi connectivity index (χ1v) is 10.7. The van der Waals surface area contributed by atoms with E-state index in [4.69, 9.17) is 0 Å². The third-order valence-electron chi connectivity index (χ3n) is 5.08. The maximum atomic E-state index is 12.8. The number of hydrogen-bond donors (Lipinski definition) is 2. The molecule has 3 amide bonds. The van der Waals surface area contributed by atoms with Crippen molar-refractivity contribution in [1.82, 2.24) is 20.5 Å². The predicted octanol–water partition coefficient (Wildman–Crippen LogP) is 2.32. The second-order valence-corrected chi connectivity index (χ2v) is 8.30. The van der Waals surface area contributed by atoms with Crippen LogP contribution in [0.15, 0.2) is 46.5 Å². The van der Waals surface area contributed by atoms with Crippen molar-refractivity contribution in [1.29, 1.82) is 0 Å². The second-order valence-electron chi connectivity index (χ2n) is 7.27. The number of nitrogens with zero attached hydrogens (tertiary/aromatic N) is 2. The van der Waals surface area contributed by atoms with Crippen molar-refractivity contribution in [2.75, 3.05) is 20.1 Å². The van der Waals surface area contributed by atoms with Gasteiger partial charge in [-0.2, -0.15) is 0 Å². The Kier molecular flexibility index (Phi) is 7.10.